The quantitative estimate of drug-likeness (QED) is 0.691. The minimum absolute atomic E-state index is 0.164. The van der Waals surface area contributed by atoms with Crippen LogP contribution >= 0.6 is 0 Å². The van der Waals surface area contributed by atoms with E-state index in [9.17, 15) is 0 Å². The van der Waals surface area contributed by atoms with Crippen LogP contribution in [0, 0.1) is 11.3 Å². The van der Waals surface area contributed by atoms with Crippen molar-refractivity contribution in [3.8, 4) is 12.1 Å². The number of aromatic amines is 1. The lowest BCUT2D eigenvalue weighted by molar-refractivity contribution is 0.304. The Bertz CT molecular complexity index is 513. The molecule has 0 atom stereocenters. The van der Waals surface area contributed by atoms with Gasteiger partial charge in [-0.3, -0.25) is 0 Å². The number of H-pyrrole nitrogens is 1. The van der Waals surface area contributed by atoms with Crippen molar-refractivity contribution in [2.45, 2.75) is 6.42 Å². The maximum atomic E-state index is 8.32. The molecule has 0 saturated carbocycles. The summed E-state index contributed by atoms with van der Waals surface area (Å²) in [4.78, 5) is 14.6. The number of hydrogen-bond acceptors (Lipinski definition) is 6. The summed E-state index contributed by atoms with van der Waals surface area (Å²) < 4.78 is 5.17. The van der Waals surface area contributed by atoms with Crippen LogP contribution in [0.3, 0.4) is 0 Å². The van der Waals surface area contributed by atoms with Gasteiger partial charge in [-0.25, -0.2) is 4.98 Å². The van der Waals surface area contributed by atoms with Gasteiger partial charge in [0.2, 0.25) is 5.95 Å². The van der Waals surface area contributed by atoms with Gasteiger partial charge in [0.25, 0.3) is 6.01 Å². The number of nitrogens with one attached hydrogen (secondary N) is 1. The van der Waals surface area contributed by atoms with Crippen LogP contribution < -0.4 is 10.5 Å². The van der Waals surface area contributed by atoms with Crippen LogP contribution in [0.1, 0.15) is 6.42 Å². The summed E-state index contributed by atoms with van der Waals surface area (Å²) in [5, 5.41) is 8.32. The Hall–Kier alpha value is -2.36. The molecule has 7 nitrogen and oxygen atoms in total. The molecule has 3 N–H and O–H groups in total. The van der Waals surface area contributed by atoms with Gasteiger partial charge < -0.3 is 15.5 Å². The normalized spacial score (nSPS) is 10.1. The number of nitrogens with zero attached hydrogens (tertiary/aromatic N) is 4. The first-order valence-corrected chi connectivity index (χ1v) is 4.27. The summed E-state index contributed by atoms with van der Waals surface area (Å²) in [6.45, 7) is 0.291. The number of hydrogen-bond donors (Lipinski definition) is 2. The first-order valence-electron chi connectivity index (χ1n) is 4.27. The Balaban J connectivity index is 2.20. The smallest absolute Gasteiger partial charge is 0.296 e. The Kier molecular flexibility index (Phi) is 2.33. The molecule has 0 aliphatic rings. The SMILES string of the molecule is N#CCCOc1nc2nc(N)ncc2[nH]1. The zero-order valence-corrected chi connectivity index (χ0v) is 7.77. The maximum absolute atomic E-state index is 8.32. The molecule has 0 fully saturated rings. The van der Waals surface area contributed by atoms with E-state index in [1.54, 1.807) is 0 Å². The summed E-state index contributed by atoms with van der Waals surface area (Å²) >= 11 is 0. The molecule has 2 aromatic heterocycles. The molecule has 0 unspecified atom stereocenters. The van der Waals surface area contributed by atoms with E-state index in [1.165, 1.54) is 6.20 Å². The van der Waals surface area contributed by atoms with Crippen LogP contribution in [0.25, 0.3) is 11.2 Å². The molecule has 0 saturated heterocycles. The van der Waals surface area contributed by atoms with E-state index in [-0.39, 0.29) is 5.95 Å². The molecule has 2 rings (SSSR count). The van der Waals surface area contributed by atoms with Crippen molar-refractivity contribution in [2.75, 3.05) is 12.3 Å². The fraction of sp³-hybridized carbons (Fsp3) is 0.250. The number of rotatable bonds is 3. The first kappa shape index (κ1) is 9.21. The number of ether oxygens (including phenoxy) is 1. The summed E-state index contributed by atoms with van der Waals surface area (Å²) in [6.07, 6.45) is 1.84. The van der Waals surface area contributed by atoms with E-state index in [0.29, 0.717) is 30.2 Å². The van der Waals surface area contributed by atoms with Gasteiger partial charge in [0.1, 0.15) is 12.1 Å². The Morgan fingerprint density at radius 2 is 2.40 bits per heavy atom. The molecular formula is C8H8N6O. The number of aromatic nitrogens is 4. The van der Waals surface area contributed by atoms with Gasteiger partial charge >= 0.3 is 0 Å². The number of nitrogens with two attached hydrogens (primary N) is 1. The van der Waals surface area contributed by atoms with Crippen LogP contribution in [0.15, 0.2) is 6.20 Å². The summed E-state index contributed by atoms with van der Waals surface area (Å²) in [7, 11) is 0. The third-order valence-electron chi connectivity index (χ3n) is 1.69. The average Bonchev–Trinajstić information content (AvgIpc) is 2.60. The topological polar surface area (TPSA) is 114 Å². The highest BCUT2D eigenvalue weighted by atomic mass is 16.5. The third kappa shape index (κ3) is 1.94. The number of nitriles is 1. The molecular weight excluding hydrogens is 196 g/mol. The molecule has 7 heteroatoms. The summed E-state index contributed by atoms with van der Waals surface area (Å²) in [5.74, 6) is 0.164. The molecule has 0 aliphatic heterocycles. The van der Waals surface area contributed by atoms with Gasteiger partial charge in [-0.1, -0.05) is 0 Å². The van der Waals surface area contributed by atoms with E-state index in [2.05, 4.69) is 19.9 Å². The maximum Gasteiger partial charge on any atom is 0.296 e. The van der Waals surface area contributed by atoms with Crippen molar-refractivity contribution in [2.24, 2.45) is 0 Å². The largest absolute Gasteiger partial charge is 0.464 e. The lowest BCUT2D eigenvalue weighted by Gasteiger charge is -1.95. The first-order chi connectivity index (χ1) is 7.29. The number of fused-ring (bicyclic) bond motifs is 1. The fourth-order valence-corrected chi connectivity index (χ4v) is 1.06. The molecule has 0 radical (unpaired) electrons. The van der Waals surface area contributed by atoms with Crippen LogP contribution in [0.5, 0.6) is 6.01 Å². The lowest BCUT2D eigenvalue weighted by Crippen LogP contribution is -1.96. The molecule has 0 aliphatic carbocycles. The van der Waals surface area contributed by atoms with Gasteiger partial charge in [0.05, 0.1) is 18.7 Å². The Morgan fingerprint density at radius 1 is 1.53 bits per heavy atom. The highest BCUT2D eigenvalue weighted by molar-refractivity contribution is 5.71. The molecule has 15 heavy (non-hydrogen) atoms. The van der Waals surface area contributed by atoms with Crippen LogP contribution in [0.2, 0.25) is 0 Å². The average molecular weight is 204 g/mol. The van der Waals surface area contributed by atoms with Gasteiger partial charge in [0, 0.05) is 0 Å². The fourth-order valence-electron chi connectivity index (χ4n) is 1.06. The molecule has 76 valence electrons. The monoisotopic (exact) mass is 204 g/mol. The van der Waals surface area contributed by atoms with Gasteiger partial charge in [-0.2, -0.15) is 15.2 Å². The minimum atomic E-state index is 0.164. The zero-order chi connectivity index (χ0) is 10.7. The van der Waals surface area contributed by atoms with Gasteiger partial charge in [-0.05, 0) is 0 Å². The standard InChI is InChI=1S/C8H8N6O/c9-2-1-3-15-8-12-5-4-11-7(10)13-6(5)14-8/h4H,1,3H2,(H3,10,11,12,13,14). The van der Waals surface area contributed by atoms with E-state index in [1.807, 2.05) is 6.07 Å². The van der Waals surface area contributed by atoms with Crippen molar-refractivity contribution in [1.29, 1.82) is 5.26 Å². The molecule has 0 aromatic carbocycles. The summed E-state index contributed by atoms with van der Waals surface area (Å²) in [6, 6.07) is 2.29. The highest BCUT2D eigenvalue weighted by Crippen LogP contribution is 2.13. The number of imidazole rings is 1. The number of nitrogen functional groups attached to an aromatic ring is 1. The van der Waals surface area contributed by atoms with Crippen LogP contribution in [-0.2, 0) is 0 Å². The van der Waals surface area contributed by atoms with Crippen molar-refractivity contribution in [3.63, 3.8) is 0 Å². The third-order valence-corrected chi connectivity index (χ3v) is 1.69. The lowest BCUT2D eigenvalue weighted by atomic mass is 10.5. The second-order valence-corrected chi connectivity index (χ2v) is 2.76. The van der Waals surface area contributed by atoms with E-state index in [0.717, 1.165) is 0 Å². The van der Waals surface area contributed by atoms with Crippen LogP contribution in [-0.4, -0.2) is 26.5 Å². The van der Waals surface area contributed by atoms with Crippen LogP contribution in [0.4, 0.5) is 5.95 Å². The Labute approximate surface area is 84.9 Å². The molecule has 2 heterocycles. The zero-order valence-electron chi connectivity index (χ0n) is 7.77. The van der Waals surface area contributed by atoms with Crippen molar-refractivity contribution in [3.05, 3.63) is 6.20 Å². The predicted octanol–water partition coefficient (Wildman–Crippen LogP) is 0.228. The second-order valence-electron chi connectivity index (χ2n) is 2.76. The highest BCUT2D eigenvalue weighted by Gasteiger charge is 2.05. The van der Waals surface area contributed by atoms with Crippen molar-refractivity contribution in [1.82, 2.24) is 19.9 Å². The summed E-state index contributed by atoms with van der Waals surface area (Å²) in [5.41, 5.74) is 6.50. The van der Waals surface area contributed by atoms with E-state index in [4.69, 9.17) is 15.7 Å². The molecule has 2 aromatic rings. The molecule has 0 bridgehead atoms. The van der Waals surface area contributed by atoms with E-state index >= 15 is 0 Å². The van der Waals surface area contributed by atoms with Crippen molar-refractivity contribution < 1.29 is 4.74 Å². The van der Waals surface area contributed by atoms with Gasteiger partial charge in [0.15, 0.2) is 5.65 Å². The predicted molar refractivity (Wildman–Crippen MR) is 51.8 cm³/mol. The minimum Gasteiger partial charge on any atom is -0.464 e. The Morgan fingerprint density at radius 3 is 3.20 bits per heavy atom. The van der Waals surface area contributed by atoms with Gasteiger partial charge in [-0.15, -0.1) is 0 Å². The number of anilines is 1. The van der Waals surface area contributed by atoms with Crippen molar-refractivity contribution >= 4 is 17.1 Å². The molecule has 0 spiro atoms. The van der Waals surface area contributed by atoms with E-state index < -0.39 is 0 Å². The molecule has 0 amide bonds. The second kappa shape index (κ2) is 3.79.